The number of aromatic amines is 1. The monoisotopic (exact) mass is 2020 g/mol. The number of alkyl halides is 1. The summed E-state index contributed by atoms with van der Waals surface area (Å²) in [6.45, 7) is -3.61. The maximum atomic E-state index is 17.0. The molecule has 2 aromatic carbocycles. The summed E-state index contributed by atoms with van der Waals surface area (Å²) in [7, 11) is -3.33. The van der Waals surface area contributed by atoms with Gasteiger partial charge in [0.05, 0.1) is 39.1 Å². The summed E-state index contributed by atoms with van der Waals surface area (Å²) in [4.78, 5) is 150. The molecule has 8 N–H and O–H groups in total. The molecule has 0 radical (unpaired) electrons. The van der Waals surface area contributed by atoms with Crippen molar-refractivity contribution in [2.24, 2.45) is 5.92 Å². The molecule has 7 heterocycles. The lowest BCUT2D eigenvalue weighted by Gasteiger charge is -2.26. The van der Waals surface area contributed by atoms with E-state index < -0.39 is 185 Å². The van der Waals surface area contributed by atoms with E-state index in [9.17, 15) is 66.8 Å². The number of fused-ring (bicyclic) bond motifs is 5. The van der Waals surface area contributed by atoms with Crippen LogP contribution in [-0.2, 0) is 106 Å². The molecule has 0 saturated carbocycles. The van der Waals surface area contributed by atoms with Crippen LogP contribution in [0.25, 0.3) is 22.2 Å². The Labute approximate surface area is 808 Å². The lowest BCUT2D eigenvalue weighted by atomic mass is 10.0. The van der Waals surface area contributed by atoms with Crippen LogP contribution in [-0.4, -0.2) is 198 Å². The van der Waals surface area contributed by atoms with Crippen LogP contribution in [0.3, 0.4) is 0 Å². The third-order valence-corrected chi connectivity index (χ3v) is 28.0. The van der Waals surface area contributed by atoms with Crippen LogP contribution in [0.2, 0.25) is 0 Å². The molecule has 38 nitrogen and oxygen atoms in total. The lowest BCUT2D eigenvalue weighted by Crippen LogP contribution is -2.53. The number of benzene rings is 2. The minimum absolute atomic E-state index is 0.0592. The molecular formula is C92H138F2N13O25P3S2. The number of halogens is 2. The summed E-state index contributed by atoms with van der Waals surface area (Å²) in [5, 5.41) is 24.2. The highest BCUT2D eigenvalue weighted by atomic mass is 32.7. The Morgan fingerprint density at radius 1 is 0.635 bits per heavy atom. The van der Waals surface area contributed by atoms with E-state index in [1.54, 1.807) is 56.3 Å². The third kappa shape index (κ3) is 37.7. The van der Waals surface area contributed by atoms with E-state index in [1.807, 2.05) is 0 Å². The van der Waals surface area contributed by atoms with Crippen LogP contribution in [0.5, 0.6) is 0 Å². The molecule has 14 atom stereocenters. The second kappa shape index (κ2) is 58.3. The summed E-state index contributed by atoms with van der Waals surface area (Å²) in [5.74, 6) is -5.63. The molecule has 3 aliphatic heterocycles. The number of hydrogen-bond acceptors (Lipinski definition) is 28. The number of nitrogens with zero attached hydrogens (tertiary/aromatic N) is 7. The largest absolute Gasteiger partial charge is 0.472 e. The van der Waals surface area contributed by atoms with Gasteiger partial charge in [0.25, 0.3) is 11.5 Å². The molecule has 6 amide bonds. The lowest BCUT2D eigenvalue weighted by molar-refractivity contribution is -0.161. The SMILES string of the molecule is CCCCCCCCCCCCCCCCCC(=O)OC[C@@H](COP(=O)(O)OCCNC(=O)CCCC(=O)N[C@H](C(=O)N[C@@H](C)C(=O)Nc1ccc(COC(=O)N(C)Cc2ccccc2C(=O)Nc2ncnc3c2ncn3[C@@H]2O[C@@H]3CO[P@@](=O)(S)O[C@@H]4[C@H](O)[C@@H](CO[P@@](=O)(S)O[C@H]3[C@H]2F)O[C@H]4n2cc(F)c3c(=O)[nH]cnc32)cc1)C(C)C)OC(=O)CCCCCCCCCCCCCCCCC. The Morgan fingerprint density at radius 3 is 1.80 bits per heavy atom. The van der Waals surface area contributed by atoms with Crippen molar-refractivity contribution in [3.63, 3.8) is 0 Å². The van der Waals surface area contributed by atoms with E-state index in [0.717, 1.165) is 79.3 Å². The molecule has 6 aromatic rings. The Balaban J connectivity index is 0.656. The number of H-pyrrole nitrogens is 1. The number of imidazole rings is 1. The summed E-state index contributed by atoms with van der Waals surface area (Å²) in [5.41, 5.74) is 0.0819. The van der Waals surface area contributed by atoms with Gasteiger partial charge < -0.3 is 74.7 Å². The van der Waals surface area contributed by atoms with E-state index in [1.165, 1.54) is 160 Å². The van der Waals surface area contributed by atoms with Gasteiger partial charge in [-0.15, -0.1) is 0 Å². The fraction of sp³-hybridized carbons (Fsp3) is 0.663. The third-order valence-electron chi connectivity index (χ3n) is 23.8. The van der Waals surface area contributed by atoms with Crippen molar-refractivity contribution in [3.05, 3.63) is 107 Å². The minimum Gasteiger partial charge on any atom is -0.462 e. The summed E-state index contributed by atoms with van der Waals surface area (Å²) < 4.78 is 137. The van der Waals surface area contributed by atoms with E-state index in [4.69, 9.17) is 50.8 Å². The van der Waals surface area contributed by atoms with Crippen LogP contribution in [0.1, 0.15) is 293 Å². The summed E-state index contributed by atoms with van der Waals surface area (Å²) in [6.07, 6.45) is 23.5. The predicted octanol–water partition coefficient (Wildman–Crippen LogP) is 17.1. The number of aliphatic hydroxyl groups is 1. The first kappa shape index (κ1) is 112. The van der Waals surface area contributed by atoms with Crippen LogP contribution in [0.4, 0.5) is 25.1 Å². The number of carbonyl (C=O) groups is 8. The Kier molecular flexibility index (Phi) is 47.8. The van der Waals surface area contributed by atoms with Crippen molar-refractivity contribution in [2.75, 3.05) is 57.3 Å². The van der Waals surface area contributed by atoms with Crippen molar-refractivity contribution in [1.29, 1.82) is 0 Å². The number of ether oxygens (including phenoxy) is 5. The maximum Gasteiger partial charge on any atom is 0.472 e. The van der Waals surface area contributed by atoms with Gasteiger partial charge in [0.15, 0.2) is 53.2 Å². The fourth-order valence-corrected chi connectivity index (χ4v) is 19.8. The number of carbonyl (C=O) groups excluding carboxylic acids is 8. The van der Waals surface area contributed by atoms with Crippen molar-refractivity contribution >= 4 is 127 Å². The number of thiol groups is 2. The number of unbranched alkanes of at least 4 members (excludes halogenated alkanes) is 28. The predicted molar refractivity (Wildman–Crippen MR) is 513 cm³/mol. The zero-order valence-corrected chi connectivity index (χ0v) is 83.6. The highest BCUT2D eigenvalue weighted by Gasteiger charge is 2.54. The van der Waals surface area contributed by atoms with Gasteiger partial charge in [-0.25, -0.2) is 47.2 Å². The average molecular weight is 2020 g/mol. The van der Waals surface area contributed by atoms with Gasteiger partial charge in [0.2, 0.25) is 23.6 Å². The molecule has 9 rings (SSSR count). The number of aliphatic hydroxyl groups excluding tert-OH is 1. The first-order chi connectivity index (χ1) is 65.7. The molecule has 0 spiro atoms. The number of esters is 2. The number of aromatic nitrogens is 7. The number of hydrogen-bond donors (Lipinski definition) is 10. The molecule has 3 fully saturated rings. The first-order valence-corrected chi connectivity index (χ1v) is 55.0. The molecule has 1 unspecified atom stereocenters. The molecule has 45 heteroatoms. The van der Waals surface area contributed by atoms with Gasteiger partial charge in [-0.3, -0.25) is 70.1 Å². The molecule has 137 heavy (non-hydrogen) atoms. The van der Waals surface area contributed by atoms with Gasteiger partial charge in [-0.1, -0.05) is 262 Å². The highest BCUT2D eigenvalue weighted by molar-refractivity contribution is 8.44. The second-order valence-electron chi connectivity index (χ2n) is 35.3. The first-order valence-electron chi connectivity index (χ1n) is 48.1. The highest BCUT2D eigenvalue weighted by Crippen LogP contribution is 2.61. The summed E-state index contributed by atoms with van der Waals surface area (Å²) >= 11 is 8.17. The van der Waals surface area contributed by atoms with Gasteiger partial charge in [0, 0.05) is 63.3 Å². The Hall–Kier alpha value is -8.18. The number of phosphoric acid groups is 1. The van der Waals surface area contributed by atoms with E-state index >= 15 is 8.78 Å². The van der Waals surface area contributed by atoms with Gasteiger partial charge in [0.1, 0.15) is 67.5 Å². The fourth-order valence-electron chi connectivity index (χ4n) is 16.1. The van der Waals surface area contributed by atoms with Gasteiger partial charge in [-0.2, -0.15) is 0 Å². The van der Waals surface area contributed by atoms with Crippen LogP contribution in [0, 0.1) is 11.7 Å². The topological polar surface area (TPSA) is 487 Å². The van der Waals surface area contributed by atoms with Gasteiger partial charge in [-0.05, 0) is 61.4 Å². The molecule has 3 aliphatic rings. The normalized spacial score (nSPS) is 21.1. The second-order valence-corrected chi connectivity index (χ2v) is 42.5. The van der Waals surface area contributed by atoms with E-state index in [-0.39, 0.29) is 86.6 Å². The quantitative estimate of drug-likeness (QED) is 0.00557. The number of amides is 6. The molecular weight excluding hydrogens is 1880 g/mol. The Bertz CT molecular complexity index is 5050. The van der Waals surface area contributed by atoms with Crippen LogP contribution in [0.15, 0.2) is 78.5 Å². The van der Waals surface area contributed by atoms with Crippen molar-refractivity contribution in [2.45, 2.75) is 340 Å². The van der Waals surface area contributed by atoms with E-state index in [2.05, 4.69) is 89.8 Å². The Morgan fingerprint density at radius 2 is 1.20 bits per heavy atom. The number of nitrogens with one attached hydrogen (secondary N) is 6. The van der Waals surface area contributed by atoms with Gasteiger partial charge >= 0.3 is 39.4 Å². The van der Waals surface area contributed by atoms with Crippen molar-refractivity contribution < 1.29 is 122 Å². The standard InChI is InChI=1S/C92H138F2N13O25P3S2/c1-7-9-11-13-15-17-19-21-23-25-27-29-31-33-35-44-74(110)122-55-67(128-75(111)45-36-34-32-30-28-26-24-22-20-18-16-14-12-10-8-2)56-125-133(118,119)124-51-50-95-72(108)42-39-43-73(109)103-78(62(3)4)89(116)101-63(5)86(113)102-66-48-46-64(47-49-66)54-123-92(117)105(6)52-65-40-37-38-41-68(65)87(114)104-83-79-85(98-59-96-83)107(61-100-79)90-77(94)81-71(130-90)58-127-135(121,137)132-82-80(112)70(57-126-134(120,136)131-81)129-91(82)106-53-69(93)76-84(106)97-60-99-88(76)115/h37-38,40-41,46-49,53,59-63,67,70-71,77-78,80-82,90-91,112H,7-36,39,42-45,50-52,54-58H2,1-6H3,(H,95,108)(H,101,116)(H,102,113)(H,103,109)(H,118,119)(H,120,136)(H,121,137)(H,97,99,115)(H,96,98,104,114)/t63-,67-,70+,71+,77+,78-,80+,81+,82+,90+,91+,134+,135+/m0/s1. The number of phosphoric ester groups is 1. The smallest absolute Gasteiger partial charge is 0.462 e. The van der Waals surface area contributed by atoms with Crippen LogP contribution >= 0.6 is 45.9 Å². The molecule has 0 aliphatic carbocycles. The average Bonchev–Trinajstić information content (AvgIpc) is 1.60. The molecule has 762 valence electrons. The van der Waals surface area contributed by atoms with E-state index in [0.29, 0.717) is 29.7 Å². The number of anilines is 2. The van der Waals surface area contributed by atoms with Crippen LogP contribution < -0.4 is 32.1 Å². The summed E-state index contributed by atoms with van der Waals surface area (Å²) in [6, 6.07) is 10.5. The number of rotatable bonds is 60. The zero-order valence-electron chi connectivity index (χ0n) is 79.2. The molecule has 4 aromatic heterocycles. The maximum absolute atomic E-state index is 17.0. The molecule has 2 bridgehead atoms. The minimum atomic E-state index is -4.78. The zero-order chi connectivity index (χ0) is 98.9. The van der Waals surface area contributed by atoms with Crippen molar-refractivity contribution in [3.8, 4) is 0 Å². The van der Waals surface area contributed by atoms with Crippen molar-refractivity contribution in [1.82, 2.24) is 54.9 Å². The molecule has 3 saturated heterocycles.